The summed E-state index contributed by atoms with van der Waals surface area (Å²) in [5.41, 5.74) is 0.116. The number of hydrogen-bond donors (Lipinski definition) is 2. The predicted octanol–water partition coefficient (Wildman–Crippen LogP) is -1.11. The van der Waals surface area contributed by atoms with Crippen molar-refractivity contribution in [3.05, 3.63) is 11.9 Å². The van der Waals surface area contributed by atoms with Gasteiger partial charge in [-0.3, -0.25) is 9.59 Å². The smallest absolute Gasteiger partial charge is 0.323 e. The molecule has 0 bridgehead atoms. The van der Waals surface area contributed by atoms with Crippen molar-refractivity contribution in [3.8, 4) is 0 Å². The normalized spacial score (nSPS) is 10.5. The molecule has 17 heavy (non-hydrogen) atoms. The number of nitrogens with zero attached hydrogens (tertiary/aromatic N) is 4. The van der Waals surface area contributed by atoms with Gasteiger partial charge in [-0.2, -0.15) is 15.4 Å². The molecule has 0 aliphatic rings. The third-order valence-electron chi connectivity index (χ3n) is 2.06. The Balaban J connectivity index is 2.68. The first kappa shape index (κ1) is 13.1. The zero-order chi connectivity index (χ0) is 12.8. The van der Waals surface area contributed by atoms with Crippen LogP contribution >= 0.6 is 0 Å². The van der Waals surface area contributed by atoms with Crippen molar-refractivity contribution in [3.63, 3.8) is 0 Å². The molecule has 1 rings (SSSR count). The molecule has 0 aliphatic heterocycles. The number of carboxylic acid groups (broad SMARTS) is 1. The van der Waals surface area contributed by atoms with Crippen LogP contribution in [0.4, 0.5) is 0 Å². The first-order valence-corrected chi connectivity index (χ1v) is 5.02. The summed E-state index contributed by atoms with van der Waals surface area (Å²) in [7, 11) is 3.69. The number of carbonyl (C=O) groups is 2. The van der Waals surface area contributed by atoms with E-state index in [1.54, 1.807) is 0 Å². The van der Waals surface area contributed by atoms with Crippen LogP contribution in [0.2, 0.25) is 0 Å². The van der Waals surface area contributed by atoms with E-state index in [-0.39, 0.29) is 12.2 Å². The molecule has 1 aromatic rings. The van der Waals surface area contributed by atoms with E-state index in [0.29, 0.717) is 13.1 Å². The molecule has 94 valence electrons. The van der Waals surface area contributed by atoms with E-state index in [4.69, 9.17) is 5.11 Å². The van der Waals surface area contributed by atoms with Crippen LogP contribution < -0.4 is 0 Å². The third-order valence-corrected chi connectivity index (χ3v) is 2.06. The fraction of sp³-hybridized carbons (Fsp3) is 0.556. The minimum atomic E-state index is -1.05. The van der Waals surface area contributed by atoms with Crippen molar-refractivity contribution in [2.24, 2.45) is 0 Å². The molecule has 0 saturated carbocycles. The Morgan fingerprint density at radius 3 is 2.59 bits per heavy atom. The molecule has 1 amide bonds. The number of aromatic nitrogens is 3. The highest BCUT2D eigenvalue weighted by atomic mass is 16.4. The van der Waals surface area contributed by atoms with Crippen molar-refractivity contribution >= 4 is 11.9 Å². The van der Waals surface area contributed by atoms with Gasteiger partial charge in [0, 0.05) is 13.1 Å². The van der Waals surface area contributed by atoms with E-state index >= 15 is 0 Å². The summed E-state index contributed by atoms with van der Waals surface area (Å²) in [6, 6.07) is 0. The lowest BCUT2D eigenvalue weighted by atomic mass is 10.3. The average molecular weight is 241 g/mol. The second kappa shape index (κ2) is 5.94. The van der Waals surface area contributed by atoms with Crippen LogP contribution in [0.5, 0.6) is 0 Å². The standard InChI is InChI=1S/C9H15N5O3/c1-13(2)3-4-14(6-8(15)16)9(17)7-5-10-12-11-7/h5H,3-4,6H2,1-2H3,(H,15,16)(H,10,11,12). The van der Waals surface area contributed by atoms with Gasteiger partial charge in [0.1, 0.15) is 6.54 Å². The molecule has 1 heterocycles. The fourth-order valence-corrected chi connectivity index (χ4v) is 1.20. The Hall–Kier alpha value is -1.96. The Bertz CT molecular complexity index is 376. The van der Waals surface area contributed by atoms with Crippen LogP contribution in [0, 0.1) is 0 Å². The van der Waals surface area contributed by atoms with E-state index < -0.39 is 11.9 Å². The van der Waals surface area contributed by atoms with Crippen molar-refractivity contribution in [1.82, 2.24) is 25.2 Å². The van der Waals surface area contributed by atoms with Crippen molar-refractivity contribution in [1.29, 1.82) is 0 Å². The number of carbonyl (C=O) groups excluding carboxylic acids is 1. The molecule has 0 atom stereocenters. The minimum Gasteiger partial charge on any atom is -0.480 e. The molecule has 1 aromatic heterocycles. The molecule has 8 heteroatoms. The molecular weight excluding hydrogens is 226 g/mol. The van der Waals surface area contributed by atoms with Gasteiger partial charge in [0.05, 0.1) is 6.20 Å². The summed E-state index contributed by atoms with van der Waals surface area (Å²) < 4.78 is 0. The largest absolute Gasteiger partial charge is 0.480 e. The summed E-state index contributed by atoms with van der Waals surface area (Å²) >= 11 is 0. The Morgan fingerprint density at radius 1 is 1.41 bits per heavy atom. The number of aromatic amines is 1. The second-order valence-electron chi connectivity index (χ2n) is 3.78. The number of rotatable bonds is 6. The van der Waals surface area contributed by atoms with Crippen LogP contribution in [0.1, 0.15) is 10.5 Å². The van der Waals surface area contributed by atoms with Gasteiger partial charge in [-0.15, -0.1) is 0 Å². The van der Waals surface area contributed by atoms with Gasteiger partial charge in [-0.25, -0.2) is 0 Å². The zero-order valence-electron chi connectivity index (χ0n) is 9.75. The lowest BCUT2D eigenvalue weighted by Crippen LogP contribution is -2.40. The van der Waals surface area contributed by atoms with Gasteiger partial charge >= 0.3 is 5.97 Å². The number of amides is 1. The molecule has 0 spiro atoms. The van der Waals surface area contributed by atoms with Gasteiger partial charge in [0.25, 0.3) is 5.91 Å². The zero-order valence-corrected chi connectivity index (χ0v) is 9.75. The Labute approximate surface area is 98.2 Å². The molecule has 0 fully saturated rings. The van der Waals surface area contributed by atoms with E-state index in [1.165, 1.54) is 11.1 Å². The lowest BCUT2D eigenvalue weighted by Gasteiger charge is -2.21. The Kier molecular flexibility index (Phi) is 4.58. The van der Waals surface area contributed by atoms with Crippen molar-refractivity contribution < 1.29 is 14.7 Å². The maximum atomic E-state index is 11.9. The summed E-state index contributed by atoms with van der Waals surface area (Å²) in [5.74, 6) is -1.50. The van der Waals surface area contributed by atoms with Crippen LogP contribution in [0.15, 0.2) is 6.20 Å². The number of carboxylic acids is 1. The first-order valence-electron chi connectivity index (χ1n) is 5.02. The molecule has 0 saturated heterocycles. The second-order valence-corrected chi connectivity index (χ2v) is 3.78. The minimum absolute atomic E-state index is 0.116. The quantitative estimate of drug-likeness (QED) is 0.655. The van der Waals surface area contributed by atoms with Gasteiger partial charge < -0.3 is 14.9 Å². The molecular formula is C9H15N5O3. The molecule has 8 nitrogen and oxygen atoms in total. The molecule has 0 aromatic carbocycles. The van der Waals surface area contributed by atoms with Gasteiger partial charge in [-0.1, -0.05) is 0 Å². The van der Waals surface area contributed by atoms with Crippen LogP contribution in [-0.2, 0) is 4.79 Å². The van der Waals surface area contributed by atoms with Crippen molar-refractivity contribution in [2.45, 2.75) is 0 Å². The highest BCUT2D eigenvalue weighted by molar-refractivity contribution is 5.93. The van der Waals surface area contributed by atoms with E-state index in [2.05, 4.69) is 15.4 Å². The van der Waals surface area contributed by atoms with Gasteiger partial charge in [0.2, 0.25) is 0 Å². The number of H-pyrrole nitrogens is 1. The highest BCUT2D eigenvalue weighted by Gasteiger charge is 2.20. The highest BCUT2D eigenvalue weighted by Crippen LogP contribution is 1.99. The topological polar surface area (TPSA) is 102 Å². The summed E-state index contributed by atoms with van der Waals surface area (Å²) in [6.45, 7) is 0.557. The number of aliphatic carboxylic acids is 1. The van der Waals surface area contributed by atoms with E-state index in [9.17, 15) is 9.59 Å². The number of hydrogen-bond acceptors (Lipinski definition) is 5. The number of nitrogens with one attached hydrogen (secondary N) is 1. The molecule has 2 N–H and O–H groups in total. The summed E-state index contributed by atoms with van der Waals surface area (Å²) in [5, 5.41) is 18.2. The third kappa shape index (κ3) is 4.19. The first-order chi connectivity index (χ1) is 8.00. The van der Waals surface area contributed by atoms with E-state index in [1.807, 2.05) is 19.0 Å². The van der Waals surface area contributed by atoms with Crippen LogP contribution in [0.25, 0.3) is 0 Å². The molecule has 0 aliphatic carbocycles. The van der Waals surface area contributed by atoms with Gasteiger partial charge in [0.15, 0.2) is 5.69 Å². The maximum absolute atomic E-state index is 11.9. The Morgan fingerprint density at radius 2 is 2.12 bits per heavy atom. The molecule has 0 unspecified atom stereocenters. The lowest BCUT2D eigenvalue weighted by molar-refractivity contribution is -0.137. The predicted molar refractivity (Wildman–Crippen MR) is 58.5 cm³/mol. The average Bonchev–Trinajstić information content (AvgIpc) is 2.75. The summed E-state index contributed by atoms with van der Waals surface area (Å²) in [4.78, 5) is 25.6. The SMILES string of the molecule is CN(C)CCN(CC(=O)O)C(=O)c1cn[nH]n1. The summed E-state index contributed by atoms with van der Waals surface area (Å²) in [6.07, 6.45) is 1.27. The fourth-order valence-electron chi connectivity index (χ4n) is 1.20. The maximum Gasteiger partial charge on any atom is 0.323 e. The number of likely N-dealkylation sites (N-methyl/N-ethyl adjacent to an activating group) is 1. The van der Waals surface area contributed by atoms with E-state index in [0.717, 1.165) is 0 Å². The van der Waals surface area contributed by atoms with Crippen molar-refractivity contribution in [2.75, 3.05) is 33.7 Å². The van der Waals surface area contributed by atoms with Crippen LogP contribution in [-0.4, -0.2) is 75.9 Å². The monoisotopic (exact) mass is 241 g/mol. The van der Waals surface area contributed by atoms with Gasteiger partial charge in [-0.05, 0) is 14.1 Å². The molecule has 0 radical (unpaired) electrons. The van der Waals surface area contributed by atoms with Crippen LogP contribution in [0.3, 0.4) is 0 Å².